The van der Waals surface area contributed by atoms with Crippen molar-refractivity contribution in [1.82, 2.24) is 5.32 Å². The van der Waals surface area contributed by atoms with Gasteiger partial charge < -0.3 is 15.2 Å². The standard InChI is InChI=1S/C16H23NO3/c1-15(2)11-16(15,14(19)17-9-4-10-18)12-5-7-13(20-3)8-6-12/h5-8,18H,4,9-11H2,1-3H3,(H,17,19)/t16-/m0/s1. The molecule has 1 fully saturated rings. The molecular weight excluding hydrogens is 254 g/mol. The van der Waals surface area contributed by atoms with Gasteiger partial charge >= 0.3 is 0 Å². The molecular formula is C16H23NO3. The average molecular weight is 277 g/mol. The van der Waals surface area contributed by atoms with Crippen LogP contribution in [0.25, 0.3) is 0 Å². The van der Waals surface area contributed by atoms with Crippen molar-refractivity contribution in [2.75, 3.05) is 20.3 Å². The number of hydrogen-bond donors (Lipinski definition) is 2. The van der Waals surface area contributed by atoms with Crippen LogP contribution >= 0.6 is 0 Å². The summed E-state index contributed by atoms with van der Waals surface area (Å²) in [5.74, 6) is 0.851. The topological polar surface area (TPSA) is 58.6 Å². The lowest BCUT2D eigenvalue weighted by Gasteiger charge is -2.21. The maximum Gasteiger partial charge on any atom is 0.231 e. The van der Waals surface area contributed by atoms with Crippen molar-refractivity contribution < 1.29 is 14.6 Å². The van der Waals surface area contributed by atoms with Crippen LogP contribution < -0.4 is 10.1 Å². The first-order valence-corrected chi connectivity index (χ1v) is 7.01. The molecule has 0 aromatic heterocycles. The molecule has 1 aliphatic carbocycles. The van der Waals surface area contributed by atoms with Crippen LogP contribution in [0.2, 0.25) is 0 Å². The third-order valence-corrected chi connectivity index (χ3v) is 4.33. The van der Waals surface area contributed by atoms with Crippen molar-refractivity contribution in [1.29, 1.82) is 0 Å². The largest absolute Gasteiger partial charge is 0.497 e. The number of hydrogen-bond acceptors (Lipinski definition) is 3. The molecule has 1 aliphatic rings. The van der Waals surface area contributed by atoms with E-state index in [4.69, 9.17) is 9.84 Å². The summed E-state index contributed by atoms with van der Waals surface area (Å²) in [5.41, 5.74) is 0.546. The number of ether oxygens (including phenoxy) is 1. The Kier molecular flexibility index (Phi) is 4.04. The lowest BCUT2D eigenvalue weighted by atomic mass is 9.87. The zero-order valence-corrected chi connectivity index (χ0v) is 12.4. The van der Waals surface area contributed by atoms with Gasteiger partial charge in [-0.25, -0.2) is 0 Å². The second kappa shape index (κ2) is 5.44. The minimum atomic E-state index is -0.450. The van der Waals surface area contributed by atoms with Gasteiger partial charge in [0.15, 0.2) is 0 Å². The number of carbonyl (C=O) groups is 1. The fourth-order valence-electron chi connectivity index (χ4n) is 2.94. The molecule has 2 N–H and O–H groups in total. The Balaban J connectivity index is 2.20. The maximum atomic E-state index is 12.5. The van der Waals surface area contributed by atoms with Crippen LogP contribution in [0.4, 0.5) is 0 Å². The van der Waals surface area contributed by atoms with Crippen molar-refractivity contribution in [2.45, 2.75) is 32.1 Å². The number of benzene rings is 1. The maximum absolute atomic E-state index is 12.5. The van der Waals surface area contributed by atoms with Crippen LogP contribution in [-0.2, 0) is 10.2 Å². The zero-order chi connectivity index (χ0) is 14.8. The molecule has 4 heteroatoms. The van der Waals surface area contributed by atoms with Crippen LogP contribution in [0.1, 0.15) is 32.3 Å². The van der Waals surface area contributed by atoms with Crippen LogP contribution in [0, 0.1) is 5.41 Å². The van der Waals surface area contributed by atoms with E-state index in [1.807, 2.05) is 24.3 Å². The number of rotatable bonds is 6. The second-order valence-corrected chi connectivity index (χ2v) is 6.03. The molecule has 1 saturated carbocycles. The SMILES string of the molecule is COc1ccc([C@]2(C(=O)NCCCO)CC2(C)C)cc1. The molecule has 0 aliphatic heterocycles. The van der Waals surface area contributed by atoms with Gasteiger partial charge in [0.05, 0.1) is 12.5 Å². The second-order valence-electron chi connectivity index (χ2n) is 6.03. The van der Waals surface area contributed by atoms with Gasteiger partial charge in [-0.2, -0.15) is 0 Å². The van der Waals surface area contributed by atoms with Crippen molar-refractivity contribution in [3.63, 3.8) is 0 Å². The Labute approximate surface area is 120 Å². The fourth-order valence-corrected chi connectivity index (χ4v) is 2.94. The van der Waals surface area contributed by atoms with E-state index in [2.05, 4.69) is 19.2 Å². The monoisotopic (exact) mass is 277 g/mol. The lowest BCUT2D eigenvalue weighted by Crippen LogP contribution is -2.38. The molecule has 0 radical (unpaired) electrons. The van der Waals surface area contributed by atoms with Crippen molar-refractivity contribution in [3.8, 4) is 5.75 Å². The Hall–Kier alpha value is -1.55. The van der Waals surface area contributed by atoms with Gasteiger partial charge in [-0.05, 0) is 36.0 Å². The summed E-state index contributed by atoms with van der Waals surface area (Å²) in [5, 5.41) is 11.7. The van der Waals surface area contributed by atoms with E-state index in [0.29, 0.717) is 13.0 Å². The van der Waals surface area contributed by atoms with Crippen LogP contribution in [0.5, 0.6) is 5.75 Å². The van der Waals surface area contributed by atoms with E-state index >= 15 is 0 Å². The van der Waals surface area contributed by atoms with Crippen LogP contribution in [0.3, 0.4) is 0 Å². The van der Waals surface area contributed by atoms with Gasteiger partial charge in [0, 0.05) is 13.2 Å². The zero-order valence-electron chi connectivity index (χ0n) is 12.4. The molecule has 0 unspecified atom stereocenters. The smallest absolute Gasteiger partial charge is 0.231 e. The Morgan fingerprint density at radius 2 is 1.95 bits per heavy atom. The molecule has 0 heterocycles. The molecule has 0 spiro atoms. The first kappa shape index (κ1) is 14.9. The first-order chi connectivity index (χ1) is 9.48. The van der Waals surface area contributed by atoms with Crippen molar-refractivity contribution >= 4 is 5.91 Å². The number of aliphatic hydroxyl groups excluding tert-OH is 1. The quantitative estimate of drug-likeness (QED) is 0.780. The van der Waals surface area contributed by atoms with Crippen LogP contribution in [0.15, 0.2) is 24.3 Å². The van der Waals surface area contributed by atoms with E-state index in [-0.39, 0.29) is 17.9 Å². The first-order valence-electron chi connectivity index (χ1n) is 7.01. The summed E-state index contributed by atoms with van der Waals surface area (Å²) in [7, 11) is 1.63. The summed E-state index contributed by atoms with van der Waals surface area (Å²) in [6, 6.07) is 7.73. The van der Waals surface area contributed by atoms with Gasteiger partial charge in [0.1, 0.15) is 5.75 Å². The summed E-state index contributed by atoms with van der Waals surface area (Å²) >= 11 is 0. The highest BCUT2D eigenvalue weighted by Gasteiger charge is 2.66. The van der Waals surface area contributed by atoms with Crippen LogP contribution in [-0.4, -0.2) is 31.3 Å². The number of aliphatic hydroxyl groups is 1. The third kappa shape index (κ3) is 2.40. The lowest BCUT2D eigenvalue weighted by molar-refractivity contribution is -0.124. The molecule has 1 atom stereocenters. The summed E-state index contributed by atoms with van der Waals surface area (Å²) < 4.78 is 5.17. The van der Waals surface area contributed by atoms with E-state index < -0.39 is 5.41 Å². The van der Waals surface area contributed by atoms with E-state index in [1.165, 1.54) is 0 Å². The summed E-state index contributed by atoms with van der Waals surface area (Å²) in [4.78, 5) is 12.5. The molecule has 4 nitrogen and oxygen atoms in total. The molecule has 0 saturated heterocycles. The predicted molar refractivity (Wildman–Crippen MR) is 77.8 cm³/mol. The summed E-state index contributed by atoms with van der Waals surface area (Å²) in [6.07, 6.45) is 1.43. The fraction of sp³-hybridized carbons (Fsp3) is 0.562. The average Bonchev–Trinajstić information content (AvgIpc) is 3.03. The molecule has 0 bridgehead atoms. The minimum absolute atomic E-state index is 0.0368. The normalized spacial score (nSPS) is 23.2. The molecule has 110 valence electrons. The van der Waals surface area contributed by atoms with Gasteiger partial charge in [0.25, 0.3) is 0 Å². The van der Waals surface area contributed by atoms with Gasteiger partial charge in [-0.1, -0.05) is 26.0 Å². The van der Waals surface area contributed by atoms with E-state index in [9.17, 15) is 4.79 Å². The Morgan fingerprint density at radius 1 is 1.35 bits per heavy atom. The van der Waals surface area contributed by atoms with Gasteiger partial charge in [-0.15, -0.1) is 0 Å². The van der Waals surface area contributed by atoms with E-state index in [0.717, 1.165) is 17.7 Å². The number of amides is 1. The minimum Gasteiger partial charge on any atom is -0.497 e. The molecule has 1 aromatic carbocycles. The summed E-state index contributed by atoms with van der Waals surface area (Å²) in [6.45, 7) is 4.84. The third-order valence-electron chi connectivity index (χ3n) is 4.33. The number of methoxy groups -OCH3 is 1. The van der Waals surface area contributed by atoms with Gasteiger partial charge in [0.2, 0.25) is 5.91 Å². The highest BCUT2D eigenvalue weighted by molar-refractivity contribution is 5.93. The Morgan fingerprint density at radius 3 is 2.40 bits per heavy atom. The highest BCUT2D eigenvalue weighted by Crippen LogP contribution is 2.64. The molecule has 20 heavy (non-hydrogen) atoms. The molecule has 1 aromatic rings. The number of carbonyl (C=O) groups excluding carboxylic acids is 1. The van der Waals surface area contributed by atoms with E-state index in [1.54, 1.807) is 7.11 Å². The molecule has 1 amide bonds. The predicted octanol–water partition coefficient (Wildman–Crippen LogP) is 1.86. The highest BCUT2D eigenvalue weighted by atomic mass is 16.5. The number of nitrogens with one attached hydrogen (secondary N) is 1. The molecule has 2 rings (SSSR count). The van der Waals surface area contributed by atoms with Crippen molar-refractivity contribution in [2.24, 2.45) is 5.41 Å². The van der Waals surface area contributed by atoms with Gasteiger partial charge in [-0.3, -0.25) is 4.79 Å². The Bertz CT molecular complexity index is 481. The van der Waals surface area contributed by atoms with Crippen molar-refractivity contribution in [3.05, 3.63) is 29.8 Å².